The number of ether oxygens (including phenoxy) is 1. The second-order valence-corrected chi connectivity index (χ2v) is 6.67. The fraction of sp³-hybridized carbons (Fsp3) is 0.357. The summed E-state index contributed by atoms with van der Waals surface area (Å²) in [5.74, 6) is 0.341. The molecule has 0 aliphatic carbocycles. The molecule has 8 heteroatoms. The molecule has 0 unspecified atom stereocenters. The molecule has 2 aromatic heterocycles. The predicted molar refractivity (Wildman–Crippen MR) is 80.5 cm³/mol. The van der Waals surface area contributed by atoms with Gasteiger partial charge in [-0.3, -0.25) is 14.9 Å². The van der Waals surface area contributed by atoms with Gasteiger partial charge in [-0.1, -0.05) is 17.4 Å². The highest BCUT2D eigenvalue weighted by molar-refractivity contribution is 7.15. The molecule has 0 amide bonds. The maximum Gasteiger partial charge on any atom is 0.328 e. The minimum absolute atomic E-state index is 0.0797. The summed E-state index contributed by atoms with van der Waals surface area (Å²) in [7, 11) is 0. The number of aliphatic hydroxyl groups is 1. The van der Waals surface area contributed by atoms with Gasteiger partial charge in [0, 0.05) is 12.3 Å². The van der Waals surface area contributed by atoms with E-state index in [1.54, 1.807) is 32.2 Å². The molecule has 22 heavy (non-hydrogen) atoms. The number of fused-ring (bicyclic) bond motifs is 1. The third kappa shape index (κ3) is 2.20. The van der Waals surface area contributed by atoms with Gasteiger partial charge in [-0.25, -0.2) is 0 Å². The van der Waals surface area contributed by atoms with Crippen LogP contribution in [0.15, 0.2) is 35.3 Å². The van der Waals surface area contributed by atoms with Gasteiger partial charge in [0.1, 0.15) is 23.5 Å². The van der Waals surface area contributed by atoms with Gasteiger partial charge < -0.3 is 14.4 Å². The summed E-state index contributed by atoms with van der Waals surface area (Å²) in [4.78, 5) is 23.1. The summed E-state index contributed by atoms with van der Waals surface area (Å²) >= 11 is 0.916. The van der Waals surface area contributed by atoms with Gasteiger partial charge in [-0.2, -0.15) is 0 Å². The molecule has 7 nitrogen and oxygen atoms in total. The van der Waals surface area contributed by atoms with Crippen molar-refractivity contribution in [2.24, 2.45) is 0 Å². The van der Waals surface area contributed by atoms with Gasteiger partial charge in [0.15, 0.2) is 0 Å². The van der Waals surface area contributed by atoms with Crippen molar-refractivity contribution in [2.75, 3.05) is 0 Å². The number of aliphatic hydroxyl groups excluding tert-OH is 1. The van der Waals surface area contributed by atoms with E-state index < -0.39 is 22.7 Å². The first kappa shape index (κ1) is 14.7. The van der Waals surface area contributed by atoms with Gasteiger partial charge >= 0.3 is 5.00 Å². The summed E-state index contributed by atoms with van der Waals surface area (Å²) in [6, 6.07) is 5.29. The molecule has 1 N–H and O–H groups in total. The monoisotopic (exact) mass is 322 g/mol. The normalized spacial score (nSPS) is 22.7. The number of hydrogen-bond donors (Lipinski definition) is 1. The van der Waals surface area contributed by atoms with E-state index in [1.807, 2.05) is 0 Å². The van der Waals surface area contributed by atoms with Crippen molar-refractivity contribution in [3.63, 3.8) is 0 Å². The zero-order chi connectivity index (χ0) is 16.1. The van der Waals surface area contributed by atoms with Crippen molar-refractivity contribution in [1.29, 1.82) is 0 Å². The third-order valence-corrected chi connectivity index (χ3v) is 4.83. The third-order valence-electron chi connectivity index (χ3n) is 3.70. The Balaban J connectivity index is 2.22. The molecule has 0 saturated heterocycles. The molecule has 3 heterocycles. The Labute approximate surface area is 129 Å². The van der Waals surface area contributed by atoms with E-state index >= 15 is 0 Å². The van der Waals surface area contributed by atoms with E-state index in [9.17, 15) is 20.0 Å². The molecular weight excluding hydrogens is 308 g/mol. The topological polar surface area (TPSA) is 94.6 Å². The lowest BCUT2D eigenvalue weighted by molar-refractivity contribution is -0.380. The van der Waals surface area contributed by atoms with Crippen LogP contribution in [0.2, 0.25) is 0 Å². The zero-order valence-corrected chi connectivity index (χ0v) is 12.7. The number of rotatable bonds is 2. The van der Waals surface area contributed by atoms with Crippen LogP contribution in [0.25, 0.3) is 0 Å². The molecule has 0 spiro atoms. The molecule has 0 radical (unpaired) electrons. The molecule has 0 fully saturated rings. The van der Waals surface area contributed by atoms with Gasteiger partial charge in [0.25, 0.3) is 5.56 Å². The first-order chi connectivity index (χ1) is 10.3. The SMILES string of the molecule is CC1(C)Oc2cc([N+](=O)[O-])sc2[C@H](n2ccccc2=O)[C@H]1O. The number of nitrogens with zero attached hydrogens (tertiary/aromatic N) is 2. The number of aromatic nitrogens is 1. The largest absolute Gasteiger partial charge is 0.484 e. The lowest BCUT2D eigenvalue weighted by Crippen LogP contribution is -2.51. The van der Waals surface area contributed by atoms with Gasteiger partial charge in [0.2, 0.25) is 0 Å². The quantitative estimate of drug-likeness (QED) is 0.673. The van der Waals surface area contributed by atoms with Crippen LogP contribution in [-0.4, -0.2) is 26.3 Å². The first-order valence-corrected chi connectivity index (χ1v) is 7.45. The Hall–Kier alpha value is -2.19. The first-order valence-electron chi connectivity index (χ1n) is 6.63. The fourth-order valence-electron chi connectivity index (χ4n) is 2.57. The smallest absolute Gasteiger partial charge is 0.328 e. The molecule has 1 aliphatic heterocycles. The van der Waals surface area contributed by atoms with Crippen molar-refractivity contribution in [2.45, 2.75) is 31.6 Å². The van der Waals surface area contributed by atoms with Crippen molar-refractivity contribution >= 4 is 16.3 Å². The van der Waals surface area contributed by atoms with Crippen LogP contribution in [0.4, 0.5) is 5.00 Å². The Morgan fingerprint density at radius 3 is 2.82 bits per heavy atom. The second kappa shape index (κ2) is 4.92. The van der Waals surface area contributed by atoms with E-state index in [2.05, 4.69) is 0 Å². The molecule has 0 bridgehead atoms. The van der Waals surface area contributed by atoms with E-state index in [4.69, 9.17) is 4.74 Å². The maximum absolute atomic E-state index is 12.1. The molecule has 1 aliphatic rings. The lowest BCUT2D eigenvalue weighted by atomic mass is 9.90. The van der Waals surface area contributed by atoms with Crippen LogP contribution in [0.5, 0.6) is 5.75 Å². The van der Waals surface area contributed by atoms with Crippen molar-refractivity contribution in [3.05, 3.63) is 55.8 Å². The summed E-state index contributed by atoms with van der Waals surface area (Å²) in [5.41, 5.74) is -1.26. The highest BCUT2D eigenvalue weighted by Crippen LogP contribution is 2.48. The molecule has 3 rings (SSSR count). The maximum atomic E-state index is 12.1. The van der Waals surface area contributed by atoms with Crippen molar-refractivity contribution in [3.8, 4) is 5.75 Å². The van der Waals surface area contributed by atoms with Crippen molar-refractivity contribution in [1.82, 2.24) is 4.57 Å². The summed E-state index contributed by atoms with van der Waals surface area (Å²) in [6.07, 6.45) is 0.547. The molecule has 0 saturated carbocycles. The number of pyridine rings is 1. The second-order valence-electron chi connectivity index (χ2n) is 5.61. The van der Waals surface area contributed by atoms with Crippen LogP contribution in [0, 0.1) is 10.1 Å². The highest BCUT2D eigenvalue weighted by Gasteiger charge is 2.46. The van der Waals surface area contributed by atoms with E-state index in [0.717, 1.165) is 11.3 Å². The molecule has 2 atom stereocenters. The molecule has 116 valence electrons. The van der Waals surface area contributed by atoms with E-state index in [-0.39, 0.29) is 10.6 Å². The Morgan fingerprint density at radius 2 is 2.18 bits per heavy atom. The zero-order valence-electron chi connectivity index (χ0n) is 11.9. The summed E-state index contributed by atoms with van der Waals surface area (Å²) in [6.45, 7) is 3.37. The van der Waals surface area contributed by atoms with E-state index in [0.29, 0.717) is 10.6 Å². The number of hydrogen-bond acceptors (Lipinski definition) is 6. The Kier molecular flexibility index (Phi) is 3.30. The lowest BCUT2D eigenvalue weighted by Gasteiger charge is -2.40. The Bertz CT molecular complexity index is 795. The molecule has 2 aromatic rings. The average molecular weight is 322 g/mol. The van der Waals surface area contributed by atoms with Gasteiger partial charge in [-0.15, -0.1) is 0 Å². The summed E-state index contributed by atoms with van der Waals surface area (Å²) in [5, 5.41) is 21.5. The molecular formula is C14H14N2O5S. The van der Waals surface area contributed by atoms with Crippen LogP contribution in [0.3, 0.4) is 0 Å². The van der Waals surface area contributed by atoms with Crippen LogP contribution < -0.4 is 10.3 Å². The number of nitro groups is 1. The number of thiophene rings is 1. The minimum atomic E-state index is -1.02. The predicted octanol–water partition coefficient (Wildman–Crippen LogP) is 1.94. The molecule has 0 aromatic carbocycles. The van der Waals surface area contributed by atoms with Gasteiger partial charge in [0.05, 0.1) is 15.9 Å². The minimum Gasteiger partial charge on any atom is -0.484 e. The highest BCUT2D eigenvalue weighted by atomic mass is 32.1. The van der Waals surface area contributed by atoms with E-state index in [1.165, 1.54) is 16.7 Å². The van der Waals surface area contributed by atoms with Gasteiger partial charge in [-0.05, 0) is 19.9 Å². The summed E-state index contributed by atoms with van der Waals surface area (Å²) < 4.78 is 7.08. The van der Waals surface area contributed by atoms with Crippen LogP contribution >= 0.6 is 11.3 Å². The standard InChI is InChI=1S/C14H14N2O5S/c1-14(2)13(18)11(15-6-4-3-5-9(15)17)12-8(21-14)7-10(22-12)16(19)20/h3-7,11,13,18H,1-2H3/t11-,13+/m0/s1. The average Bonchev–Trinajstić information content (AvgIpc) is 2.84. The van der Waals surface area contributed by atoms with Crippen LogP contribution in [-0.2, 0) is 0 Å². The fourth-order valence-corrected chi connectivity index (χ4v) is 3.60. The van der Waals surface area contributed by atoms with Crippen LogP contribution in [0.1, 0.15) is 24.8 Å². The Morgan fingerprint density at radius 1 is 1.45 bits per heavy atom. The van der Waals surface area contributed by atoms with Crippen molar-refractivity contribution < 1.29 is 14.8 Å².